The van der Waals surface area contributed by atoms with Crippen LogP contribution in [0.25, 0.3) is 0 Å². The van der Waals surface area contributed by atoms with Crippen molar-refractivity contribution in [2.24, 2.45) is 11.7 Å². The zero-order valence-electron chi connectivity index (χ0n) is 10.7. The summed E-state index contributed by atoms with van der Waals surface area (Å²) >= 11 is 0. The van der Waals surface area contributed by atoms with Crippen molar-refractivity contribution in [1.29, 1.82) is 0 Å². The molecule has 2 N–H and O–H groups in total. The van der Waals surface area contributed by atoms with E-state index in [0.29, 0.717) is 5.56 Å². The summed E-state index contributed by atoms with van der Waals surface area (Å²) in [6, 6.07) is 3.10. The zero-order chi connectivity index (χ0) is 13.9. The first-order chi connectivity index (χ1) is 8.29. The van der Waals surface area contributed by atoms with E-state index in [0.717, 1.165) is 18.2 Å². The highest BCUT2D eigenvalue weighted by molar-refractivity contribution is 5.81. The van der Waals surface area contributed by atoms with Crippen LogP contribution in [0.2, 0.25) is 0 Å². The van der Waals surface area contributed by atoms with Crippen LogP contribution in [0.4, 0.5) is 8.78 Å². The van der Waals surface area contributed by atoms with Crippen molar-refractivity contribution in [3.63, 3.8) is 0 Å². The van der Waals surface area contributed by atoms with E-state index >= 15 is 0 Å². The van der Waals surface area contributed by atoms with Crippen molar-refractivity contribution in [3.05, 3.63) is 35.4 Å². The van der Waals surface area contributed by atoms with Gasteiger partial charge < -0.3 is 10.5 Å². The third kappa shape index (κ3) is 3.04. The second kappa shape index (κ2) is 5.44. The van der Waals surface area contributed by atoms with Gasteiger partial charge in [0.2, 0.25) is 0 Å². The number of hydrogen-bond acceptors (Lipinski definition) is 3. The van der Waals surface area contributed by atoms with Crippen molar-refractivity contribution in [3.8, 4) is 0 Å². The molecule has 0 fully saturated rings. The maximum Gasteiger partial charge on any atom is 0.326 e. The largest absolute Gasteiger partial charge is 0.468 e. The highest BCUT2D eigenvalue weighted by atomic mass is 19.1. The molecule has 1 atom stereocenters. The molecular formula is C13H17F2NO2. The quantitative estimate of drug-likeness (QED) is 0.840. The smallest absolute Gasteiger partial charge is 0.326 e. The lowest BCUT2D eigenvalue weighted by molar-refractivity contribution is -0.148. The molecular weight excluding hydrogens is 240 g/mol. The number of rotatable bonds is 4. The first-order valence-corrected chi connectivity index (χ1v) is 5.62. The molecule has 18 heavy (non-hydrogen) atoms. The van der Waals surface area contributed by atoms with Gasteiger partial charge >= 0.3 is 5.97 Å². The standard InChI is InChI=1S/C13H17F2NO2/c1-8(2)13(16,12(17)18-3)7-9-4-10(14)6-11(15)5-9/h4-6,8H,7,16H2,1-3H3. The predicted octanol–water partition coefficient (Wildman–Crippen LogP) is 2.03. The summed E-state index contributed by atoms with van der Waals surface area (Å²) < 4.78 is 30.8. The van der Waals surface area contributed by atoms with Crippen LogP contribution in [0.1, 0.15) is 19.4 Å². The Morgan fingerprint density at radius 3 is 2.22 bits per heavy atom. The molecule has 0 saturated carbocycles. The van der Waals surface area contributed by atoms with Gasteiger partial charge in [-0.15, -0.1) is 0 Å². The maximum absolute atomic E-state index is 13.1. The van der Waals surface area contributed by atoms with Crippen LogP contribution in [-0.2, 0) is 16.0 Å². The summed E-state index contributed by atoms with van der Waals surface area (Å²) in [5.74, 6) is -2.21. The van der Waals surface area contributed by atoms with E-state index in [2.05, 4.69) is 4.74 Å². The lowest BCUT2D eigenvalue weighted by atomic mass is 9.82. The predicted molar refractivity (Wildman–Crippen MR) is 63.8 cm³/mol. The number of ether oxygens (including phenoxy) is 1. The number of benzene rings is 1. The zero-order valence-corrected chi connectivity index (χ0v) is 10.7. The van der Waals surface area contributed by atoms with Gasteiger partial charge in [0.25, 0.3) is 0 Å². The Balaban J connectivity index is 3.07. The Bertz CT molecular complexity index is 428. The highest BCUT2D eigenvalue weighted by Crippen LogP contribution is 2.22. The number of halogens is 2. The van der Waals surface area contributed by atoms with Gasteiger partial charge in [0.1, 0.15) is 17.2 Å². The van der Waals surface area contributed by atoms with Crippen LogP contribution in [0.5, 0.6) is 0 Å². The average molecular weight is 257 g/mol. The van der Waals surface area contributed by atoms with Crippen molar-refractivity contribution in [1.82, 2.24) is 0 Å². The van der Waals surface area contributed by atoms with E-state index < -0.39 is 23.1 Å². The molecule has 1 aromatic carbocycles. The third-order valence-electron chi connectivity index (χ3n) is 3.01. The SMILES string of the molecule is COC(=O)C(N)(Cc1cc(F)cc(F)c1)C(C)C. The van der Waals surface area contributed by atoms with Crippen LogP contribution in [0.3, 0.4) is 0 Å². The number of carbonyl (C=O) groups excluding carboxylic acids is 1. The average Bonchev–Trinajstić information content (AvgIpc) is 2.25. The van der Waals surface area contributed by atoms with E-state index in [-0.39, 0.29) is 12.3 Å². The van der Waals surface area contributed by atoms with Crippen molar-refractivity contribution >= 4 is 5.97 Å². The van der Waals surface area contributed by atoms with Crippen molar-refractivity contribution in [2.45, 2.75) is 25.8 Å². The van der Waals surface area contributed by atoms with Gasteiger partial charge in [-0.05, 0) is 23.6 Å². The molecule has 100 valence electrons. The summed E-state index contributed by atoms with van der Waals surface area (Å²) in [5, 5.41) is 0. The monoisotopic (exact) mass is 257 g/mol. The van der Waals surface area contributed by atoms with Gasteiger partial charge in [0.05, 0.1) is 7.11 Å². The Morgan fingerprint density at radius 2 is 1.83 bits per heavy atom. The summed E-state index contributed by atoms with van der Waals surface area (Å²) in [6.45, 7) is 3.51. The van der Waals surface area contributed by atoms with Gasteiger partial charge in [-0.25, -0.2) is 8.78 Å². The van der Waals surface area contributed by atoms with Crippen molar-refractivity contribution in [2.75, 3.05) is 7.11 Å². The fourth-order valence-corrected chi connectivity index (χ4v) is 1.75. The number of hydrogen-bond donors (Lipinski definition) is 1. The van der Waals surface area contributed by atoms with Gasteiger partial charge in [-0.1, -0.05) is 13.8 Å². The minimum Gasteiger partial charge on any atom is -0.468 e. The topological polar surface area (TPSA) is 52.3 Å². The lowest BCUT2D eigenvalue weighted by Crippen LogP contribution is -2.54. The number of carbonyl (C=O) groups is 1. The number of nitrogens with two attached hydrogens (primary N) is 1. The Labute approximate surface area is 105 Å². The fourth-order valence-electron chi connectivity index (χ4n) is 1.75. The van der Waals surface area contributed by atoms with E-state index in [4.69, 9.17) is 5.73 Å². The summed E-state index contributed by atoms with van der Waals surface area (Å²) in [5.41, 5.74) is 5.04. The van der Waals surface area contributed by atoms with Crippen LogP contribution in [0, 0.1) is 17.6 Å². The first kappa shape index (κ1) is 14.6. The normalized spacial score (nSPS) is 14.4. The van der Waals surface area contributed by atoms with Gasteiger partial charge in [0.15, 0.2) is 0 Å². The first-order valence-electron chi connectivity index (χ1n) is 5.62. The number of esters is 1. The Hall–Kier alpha value is -1.49. The van der Waals surface area contributed by atoms with Crippen LogP contribution < -0.4 is 5.73 Å². The molecule has 3 nitrogen and oxygen atoms in total. The molecule has 0 radical (unpaired) electrons. The molecule has 1 aromatic rings. The van der Waals surface area contributed by atoms with Crippen LogP contribution in [0.15, 0.2) is 18.2 Å². The summed E-state index contributed by atoms with van der Waals surface area (Å²) in [7, 11) is 1.23. The van der Waals surface area contributed by atoms with E-state index in [9.17, 15) is 13.6 Å². The molecule has 0 aromatic heterocycles. The minimum atomic E-state index is -1.30. The van der Waals surface area contributed by atoms with E-state index in [1.54, 1.807) is 13.8 Å². The van der Waals surface area contributed by atoms with Gasteiger partial charge in [0, 0.05) is 12.5 Å². The molecule has 0 amide bonds. The molecule has 0 spiro atoms. The number of methoxy groups -OCH3 is 1. The van der Waals surface area contributed by atoms with E-state index in [1.165, 1.54) is 7.11 Å². The second-order valence-electron chi connectivity index (χ2n) is 4.64. The molecule has 1 rings (SSSR count). The summed E-state index contributed by atoms with van der Waals surface area (Å²) in [4.78, 5) is 11.7. The van der Waals surface area contributed by atoms with Crippen LogP contribution in [-0.4, -0.2) is 18.6 Å². The molecule has 0 aliphatic rings. The fraction of sp³-hybridized carbons (Fsp3) is 0.462. The molecule has 0 aliphatic heterocycles. The van der Waals surface area contributed by atoms with Crippen molar-refractivity contribution < 1.29 is 18.3 Å². The Kier molecular flexibility index (Phi) is 4.40. The molecule has 1 unspecified atom stereocenters. The van der Waals surface area contributed by atoms with Crippen LogP contribution >= 0.6 is 0 Å². The third-order valence-corrected chi connectivity index (χ3v) is 3.01. The molecule has 0 aliphatic carbocycles. The molecule has 0 bridgehead atoms. The lowest BCUT2D eigenvalue weighted by Gasteiger charge is -2.30. The second-order valence-corrected chi connectivity index (χ2v) is 4.64. The molecule has 0 saturated heterocycles. The molecule has 5 heteroatoms. The van der Waals surface area contributed by atoms with Gasteiger partial charge in [-0.2, -0.15) is 0 Å². The highest BCUT2D eigenvalue weighted by Gasteiger charge is 2.38. The van der Waals surface area contributed by atoms with E-state index in [1.807, 2.05) is 0 Å². The maximum atomic E-state index is 13.1. The summed E-state index contributed by atoms with van der Waals surface area (Å²) in [6.07, 6.45) is 0.0199. The Morgan fingerprint density at radius 1 is 1.33 bits per heavy atom. The van der Waals surface area contributed by atoms with Gasteiger partial charge in [-0.3, -0.25) is 4.79 Å². The molecule has 0 heterocycles. The minimum absolute atomic E-state index is 0.0199.